The molecule has 1 aromatic heterocycles. The van der Waals surface area contributed by atoms with Gasteiger partial charge in [0, 0.05) is 12.2 Å². The number of aromatic amines is 1. The zero-order valence-electron chi connectivity index (χ0n) is 10.2. The van der Waals surface area contributed by atoms with Gasteiger partial charge in [-0.1, -0.05) is 11.3 Å². The van der Waals surface area contributed by atoms with E-state index in [1.54, 1.807) is 0 Å². The van der Waals surface area contributed by atoms with Gasteiger partial charge in [0.1, 0.15) is 6.04 Å². The number of aromatic nitrogens is 1. The topological polar surface area (TPSA) is 108 Å². The minimum absolute atomic E-state index is 0.0920. The van der Waals surface area contributed by atoms with Crippen molar-refractivity contribution in [2.75, 3.05) is 6.54 Å². The largest absolute Gasteiger partial charge is 0.480 e. The number of aryl methyl sites for hydroxylation is 1. The van der Waals surface area contributed by atoms with Gasteiger partial charge in [0.05, 0.1) is 0 Å². The van der Waals surface area contributed by atoms with Gasteiger partial charge in [0.15, 0.2) is 4.21 Å². The van der Waals surface area contributed by atoms with Crippen LogP contribution in [-0.2, 0) is 14.8 Å². The molecule has 9 heteroatoms. The van der Waals surface area contributed by atoms with E-state index < -0.39 is 26.9 Å². The molecule has 19 heavy (non-hydrogen) atoms. The lowest BCUT2D eigenvalue weighted by atomic mass is 10.1. The quantitative estimate of drug-likeness (QED) is 0.839. The first-order valence-electron chi connectivity index (χ1n) is 5.78. The van der Waals surface area contributed by atoms with Crippen LogP contribution in [0.1, 0.15) is 25.0 Å². The Balaban J connectivity index is 2.45. The highest BCUT2D eigenvalue weighted by molar-refractivity contribution is 7.91. The minimum atomic E-state index is -3.93. The molecule has 1 fully saturated rings. The smallest absolute Gasteiger partial charge is 0.322 e. The van der Waals surface area contributed by atoms with Gasteiger partial charge >= 0.3 is 10.8 Å². The molecular formula is C10H14N2O5S2. The van der Waals surface area contributed by atoms with Crippen LogP contribution in [0.3, 0.4) is 0 Å². The fraction of sp³-hybridized carbons (Fsp3) is 0.600. The predicted octanol–water partition coefficient (Wildman–Crippen LogP) is 0.373. The number of carbonyl (C=O) groups is 1. The van der Waals surface area contributed by atoms with Gasteiger partial charge in [0.2, 0.25) is 0 Å². The van der Waals surface area contributed by atoms with Gasteiger partial charge in [-0.15, -0.1) is 0 Å². The molecule has 0 amide bonds. The molecular weight excluding hydrogens is 292 g/mol. The SMILES string of the molecule is Cc1[nH]c(=O)sc1S(=O)(=O)N1CCCCC1C(=O)O. The second-order valence-corrected chi connectivity index (χ2v) is 7.46. The van der Waals surface area contributed by atoms with E-state index in [1.165, 1.54) is 6.92 Å². The summed E-state index contributed by atoms with van der Waals surface area (Å²) in [6.07, 6.45) is 1.61. The number of hydrogen-bond donors (Lipinski definition) is 2. The molecule has 0 spiro atoms. The molecule has 0 aliphatic carbocycles. The number of carboxylic acids is 1. The second kappa shape index (κ2) is 5.06. The molecule has 2 rings (SSSR count). The lowest BCUT2D eigenvalue weighted by molar-refractivity contribution is -0.142. The molecule has 1 saturated heterocycles. The number of hydrogen-bond acceptors (Lipinski definition) is 5. The number of aliphatic carboxylic acids is 1. The first-order valence-corrected chi connectivity index (χ1v) is 8.04. The maximum Gasteiger partial charge on any atom is 0.322 e. The van der Waals surface area contributed by atoms with Crippen molar-refractivity contribution in [1.29, 1.82) is 0 Å². The van der Waals surface area contributed by atoms with Crippen molar-refractivity contribution in [3.8, 4) is 0 Å². The van der Waals surface area contributed by atoms with E-state index in [1.807, 2.05) is 0 Å². The monoisotopic (exact) mass is 306 g/mol. The standard InChI is InChI=1S/C10H14N2O5S2/c1-6-9(18-10(15)11-6)19(16,17)12-5-3-2-4-7(12)8(13)14/h7H,2-5H2,1H3,(H,11,15)(H,13,14). The Morgan fingerprint density at radius 1 is 1.47 bits per heavy atom. The maximum absolute atomic E-state index is 12.5. The molecule has 1 unspecified atom stereocenters. The number of carboxylic acid groups (broad SMARTS) is 1. The third-order valence-corrected chi connectivity index (χ3v) is 6.55. The Morgan fingerprint density at radius 3 is 2.68 bits per heavy atom. The molecule has 0 saturated carbocycles. The van der Waals surface area contributed by atoms with Gasteiger partial charge in [0.25, 0.3) is 10.0 Å². The van der Waals surface area contributed by atoms with Crippen molar-refractivity contribution >= 4 is 27.3 Å². The van der Waals surface area contributed by atoms with E-state index in [2.05, 4.69) is 4.98 Å². The fourth-order valence-corrected chi connectivity index (χ4v) is 5.25. The van der Waals surface area contributed by atoms with Gasteiger partial charge in [-0.2, -0.15) is 4.31 Å². The lowest BCUT2D eigenvalue weighted by Gasteiger charge is -2.31. The van der Waals surface area contributed by atoms with Crippen LogP contribution in [0.2, 0.25) is 0 Å². The van der Waals surface area contributed by atoms with Gasteiger partial charge < -0.3 is 10.1 Å². The second-order valence-electron chi connectivity index (χ2n) is 4.39. The molecule has 2 heterocycles. The van der Waals surface area contributed by atoms with Crippen LogP contribution in [0.4, 0.5) is 0 Å². The lowest BCUT2D eigenvalue weighted by Crippen LogP contribution is -2.47. The van der Waals surface area contributed by atoms with Crippen LogP contribution in [0, 0.1) is 6.92 Å². The summed E-state index contributed by atoms with van der Waals surface area (Å²) >= 11 is 0.595. The van der Waals surface area contributed by atoms with Crippen LogP contribution >= 0.6 is 11.3 Å². The van der Waals surface area contributed by atoms with Crippen molar-refractivity contribution in [1.82, 2.24) is 9.29 Å². The van der Waals surface area contributed by atoms with Crippen molar-refractivity contribution < 1.29 is 18.3 Å². The van der Waals surface area contributed by atoms with Crippen LogP contribution in [0.5, 0.6) is 0 Å². The minimum Gasteiger partial charge on any atom is -0.480 e. The van der Waals surface area contributed by atoms with E-state index in [4.69, 9.17) is 5.11 Å². The molecule has 2 N–H and O–H groups in total. The molecule has 1 aliphatic heterocycles. The van der Waals surface area contributed by atoms with Crippen molar-refractivity contribution in [3.05, 3.63) is 15.4 Å². The third kappa shape index (κ3) is 2.58. The van der Waals surface area contributed by atoms with Crippen LogP contribution in [-0.4, -0.2) is 41.4 Å². The highest BCUT2D eigenvalue weighted by atomic mass is 32.2. The Labute approximate surface area is 113 Å². The average molecular weight is 306 g/mol. The number of H-pyrrole nitrogens is 1. The molecule has 1 aliphatic rings. The number of rotatable bonds is 3. The van der Waals surface area contributed by atoms with Crippen molar-refractivity contribution in [2.24, 2.45) is 0 Å². The molecule has 1 atom stereocenters. The summed E-state index contributed by atoms with van der Waals surface area (Å²) in [7, 11) is -3.93. The summed E-state index contributed by atoms with van der Waals surface area (Å²) < 4.78 is 25.8. The number of thiazole rings is 1. The average Bonchev–Trinajstić information content (AvgIpc) is 2.69. The van der Waals surface area contributed by atoms with Gasteiger partial charge in [-0.25, -0.2) is 8.42 Å². The van der Waals surface area contributed by atoms with E-state index in [0.717, 1.165) is 4.31 Å². The Kier molecular flexibility index (Phi) is 3.79. The zero-order chi connectivity index (χ0) is 14.2. The van der Waals surface area contributed by atoms with Crippen LogP contribution in [0.15, 0.2) is 9.00 Å². The summed E-state index contributed by atoms with van der Waals surface area (Å²) in [4.78, 5) is 24.3. The Bertz CT molecular complexity index is 645. The zero-order valence-corrected chi connectivity index (χ0v) is 11.9. The summed E-state index contributed by atoms with van der Waals surface area (Å²) in [5.41, 5.74) is 0.254. The Hall–Kier alpha value is -1.19. The number of piperidine rings is 1. The van der Waals surface area contributed by atoms with Crippen LogP contribution in [0.25, 0.3) is 0 Å². The summed E-state index contributed by atoms with van der Waals surface area (Å²) in [6, 6.07) is -1.05. The Morgan fingerprint density at radius 2 is 2.16 bits per heavy atom. The number of sulfonamides is 1. The van der Waals surface area contributed by atoms with E-state index in [9.17, 15) is 18.0 Å². The third-order valence-electron chi connectivity index (χ3n) is 3.06. The molecule has 1 aromatic rings. The highest BCUT2D eigenvalue weighted by Crippen LogP contribution is 2.28. The molecule has 7 nitrogen and oxygen atoms in total. The first-order chi connectivity index (χ1) is 8.84. The van der Waals surface area contributed by atoms with Gasteiger partial charge in [-0.3, -0.25) is 9.59 Å². The molecule has 0 radical (unpaired) electrons. The molecule has 106 valence electrons. The van der Waals surface area contributed by atoms with Gasteiger partial charge in [-0.05, 0) is 26.2 Å². The van der Waals surface area contributed by atoms with Crippen molar-refractivity contribution in [3.63, 3.8) is 0 Å². The normalized spacial score (nSPS) is 21.4. The fourth-order valence-electron chi connectivity index (χ4n) is 2.18. The number of nitrogens with one attached hydrogen (secondary N) is 1. The predicted molar refractivity (Wildman–Crippen MR) is 68.8 cm³/mol. The van der Waals surface area contributed by atoms with E-state index >= 15 is 0 Å². The van der Waals surface area contributed by atoms with Crippen molar-refractivity contribution in [2.45, 2.75) is 36.4 Å². The van der Waals surface area contributed by atoms with Crippen LogP contribution < -0.4 is 4.87 Å². The first kappa shape index (κ1) is 14.2. The maximum atomic E-state index is 12.5. The number of nitrogens with zero attached hydrogens (tertiary/aromatic N) is 1. The summed E-state index contributed by atoms with van der Waals surface area (Å²) in [6.45, 7) is 1.66. The summed E-state index contributed by atoms with van der Waals surface area (Å²) in [5.74, 6) is -1.15. The highest BCUT2D eigenvalue weighted by Gasteiger charge is 2.39. The van der Waals surface area contributed by atoms with E-state index in [0.29, 0.717) is 30.6 Å². The molecule has 0 bridgehead atoms. The van der Waals surface area contributed by atoms with E-state index in [-0.39, 0.29) is 16.4 Å². The molecule has 0 aromatic carbocycles. The summed E-state index contributed by atoms with van der Waals surface area (Å²) in [5, 5.41) is 9.12.